The summed E-state index contributed by atoms with van der Waals surface area (Å²) in [4.78, 5) is 4.81. The standard InChI is InChI=1S/C81H82N4O/c1-52-39-75(82-50-70(52)53-25-18-17-19-26-53)85-71-34-21-20-33-66(71)67-37-36-65(49-73(67)85)86-64-32-24-31-63(48-64)83-51-84(72-38-35-54(44-74(72)83)57-42-60(79(8,9)10)45-61(43-57)80(11,12)13)76-68(55-27-22-29-58(40-55)77(2,3)4)46-62(81(14,15)16)47-69(76)56-28-23-30-59(41-56)78(5,6)7/h17-50H,1-16H3/i1D3,17D,18D,19D,25D,26D. The lowest BCUT2D eigenvalue weighted by Crippen LogP contribution is -2.32. The molecule has 12 aromatic rings. The van der Waals surface area contributed by atoms with Crippen LogP contribution in [-0.2, 0) is 27.1 Å². The maximum atomic E-state index is 8.75. The molecule has 9 aromatic carbocycles. The smallest absolute Gasteiger partial charge is 0.269 e. The van der Waals surface area contributed by atoms with Gasteiger partial charge in [-0.2, -0.15) is 0 Å². The van der Waals surface area contributed by atoms with Crippen molar-refractivity contribution in [1.82, 2.24) is 14.1 Å². The van der Waals surface area contributed by atoms with Crippen LogP contribution >= 0.6 is 0 Å². The molecule has 5 nitrogen and oxygen atoms in total. The molecular weight excluding hydrogens is 1040 g/mol. The average Bonchev–Trinajstić information content (AvgIpc) is 1.46. The van der Waals surface area contributed by atoms with Gasteiger partial charge in [0.25, 0.3) is 6.33 Å². The number of pyridine rings is 1. The second-order valence-corrected chi connectivity index (χ2v) is 28.3. The third-order valence-corrected chi connectivity index (χ3v) is 16.8. The molecule has 3 aromatic heterocycles. The van der Waals surface area contributed by atoms with Crippen LogP contribution in [0, 0.1) is 13.2 Å². The molecule has 0 aliphatic heterocycles. The zero-order chi connectivity index (χ0) is 67.7. The summed E-state index contributed by atoms with van der Waals surface area (Å²) in [6.07, 6.45) is 5.32. The SMILES string of the molecule is [2H]c1c([2H])c([2H])c(-c2cnc(-n3c4ccccc4c4ccc(Oc5cccc(-n6[c-][n+](-c7c(-c8cccc(C(C)(C)C)c8)cc(C(C)(C)C)cc7-c7cccc(C(C)(C)C)c7)c7ccc(-c8cc(C(C)(C)C)cc(C(C)(C)C)c8)cc76)c5)cc43)cc2C([2H])([2H])[2H])c([2H])c1[2H]. The summed E-state index contributed by atoms with van der Waals surface area (Å²) in [6, 6.07) is 57.1. The highest BCUT2D eigenvalue weighted by Crippen LogP contribution is 2.43. The summed E-state index contributed by atoms with van der Waals surface area (Å²) in [7, 11) is 0. The lowest BCUT2D eigenvalue weighted by Gasteiger charge is -2.27. The molecule has 86 heavy (non-hydrogen) atoms. The van der Waals surface area contributed by atoms with E-state index in [1.807, 2.05) is 65.2 Å². The molecule has 0 saturated heterocycles. The fraction of sp³-hybridized carbons (Fsp3) is 0.259. The molecule has 0 fully saturated rings. The van der Waals surface area contributed by atoms with Gasteiger partial charge in [0.1, 0.15) is 17.3 Å². The Kier molecular flexibility index (Phi) is 12.0. The van der Waals surface area contributed by atoms with E-state index in [-0.39, 0.29) is 49.6 Å². The minimum Gasteiger partial charge on any atom is -0.458 e. The summed E-state index contributed by atoms with van der Waals surface area (Å²) in [5.41, 5.74) is 16.8. The number of aryl methyl sites for hydroxylation is 1. The zero-order valence-electron chi connectivity index (χ0n) is 60.4. The van der Waals surface area contributed by atoms with Crippen molar-refractivity contribution >= 4 is 32.8 Å². The van der Waals surface area contributed by atoms with E-state index >= 15 is 0 Å². The first-order valence-electron chi connectivity index (χ1n) is 33.9. The molecule has 0 unspecified atom stereocenters. The number of nitrogens with zero attached hydrogens (tertiary/aromatic N) is 4. The second kappa shape index (κ2) is 21.3. The van der Waals surface area contributed by atoms with Crippen molar-refractivity contribution < 1.29 is 20.3 Å². The molecule has 12 rings (SSSR count). The van der Waals surface area contributed by atoms with Gasteiger partial charge in [0.2, 0.25) is 0 Å². The summed E-state index contributed by atoms with van der Waals surface area (Å²) in [5.74, 6) is 1.33. The number of hydrogen-bond acceptors (Lipinski definition) is 2. The topological polar surface area (TPSA) is 35.9 Å². The van der Waals surface area contributed by atoms with Gasteiger partial charge in [-0.3, -0.25) is 13.7 Å². The first kappa shape index (κ1) is 48.4. The van der Waals surface area contributed by atoms with Crippen LogP contribution in [0.3, 0.4) is 0 Å². The van der Waals surface area contributed by atoms with Crippen molar-refractivity contribution in [2.24, 2.45) is 0 Å². The van der Waals surface area contributed by atoms with Gasteiger partial charge in [0, 0.05) is 32.7 Å². The predicted molar refractivity (Wildman–Crippen MR) is 362 cm³/mol. The van der Waals surface area contributed by atoms with Crippen LogP contribution in [0.2, 0.25) is 0 Å². The average molecular weight is 1140 g/mol. The molecule has 432 valence electrons. The van der Waals surface area contributed by atoms with E-state index in [2.05, 4.69) is 222 Å². The molecule has 0 atom stereocenters. The molecular formula is C81H82N4O. The van der Waals surface area contributed by atoms with Crippen molar-refractivity contribution in [2.45, 2.75) is 138 Å². The molecule has 0 saturated carbocycles. The van der Waals surface area contributed by atoms with Crippen LogP contribution in [0.25, 0.3) is 94.5 Å². The zero-order valence-corrected chi connectivity index (χ0v) is 52.4. The third-order valence-electron chi connectivity index (χ3n) is 16.8. The van der Waals surface area contributed by atoms with Gasteiger partial charge in [-0.1, -0.05) is 249 Å². The number of aromatic nitrogens is 4. The van der Waals surface area contributed by atoms with E-state index in [9.17, 15) is 0 Å². The van der Waals surface area contributed by atoms with Gasteiger partial charge in [0.05, 0.1) is 40.3 Å². The monoisotopic (exact) mass is 1130 g/mol. The van der Waals surface area contributed by atoms with Crippen LogP contribution in [0.4, 0.5) is 0 Å². The fourth-order valence-corrected chi connectivity index (χ4v) is 11.6. The highest BCUT2D eigenvalue weighted by Gasteiger charge is 2.28. The van der Waals surface area contributed by atoms with Crippen molar-refractivity contribution in [3.63, 3.8) is 0 Å². The molecule has 0 spiro atoms. The molecule has 0 aliphatic carbocycles. The molecule has 0 amide bonds. The largest absolute Gasteiger partial charge is 0.458 e. The van der Waals surface area contributed by atoms with Crippen molar-refractivity contribution in [1.29, 1.82) is 0 Å². The van der Waals surface area contributed by atoms with Crippen LogP contribution in [0.15, 0.2) is 206 Å². The van der Waals surface area contributed by atoms with Gasteiger partial charge in [-0.15, -0.1) is 0 Å². The van der Waals surface area contributed by atoms with Crippen LogP contribution in [-0.4, -0.2) is 14.1 Å². The minimum atomic E-state index is -2.76. The van der Waals surface area contributed by atoms with E-state index in [1.165, 1.54) is 40.1 Å². The van der Waals surface area contributed by atoms with Crippen molar-refractivity contribution in [3.8, 4) is 73.2 Å². The van der Waals surface area contributed by atoms with Crippen LogP contribution in [0.5, 0.6) is 11.5 Å². The molecule has 5 heteroatoms. The first-order valence-corrected chi connectivity index (χ1v) is 29.9. The summed E-state index contributed by atoms with van der Waals surface area (Å²) < 4.78 is 81.9. The quantitative estimate of drug-likeness (QED) is 0.107. The Morgan fingerprint density at radius 2 is 1.01 bits per heavy atom. The Balaban J connectivity index is 1.07. The van der Waals surface area contributed by atoms with E-state index in [1.54, 1.807) is 0 Å². The Hall–Kier alpha value is -8.80. The fourth-order valence-electron chi connectivity index (χ4n) is 11.6. The van der Waals surface area contributed by atoms with E-state index < -0.39 is 37.1 Å². The van der Waals surface area contributed by atoms with Crippen LogP contribution < -0.4 is 9.30 Å². The van der Waals surface area contributed by atoms with Gasteiger partial charge < -0.3 is 4.74 Å². The maximum absolute atomic E-state index is 8.75. The Labute approximate surface area is 521 Å². The van der Waals surface area contributed by atoms with Crippen molar-refractivity contribution in [3.05, 3.63) is 246 Å². The van der Waals surface area contributed by atoms with Gasteiger partial charge in [0.15, 0.2) is 0 Å². The number of hydrogen-bond donors (Lipinski definition) is 0. The number of imidazole rings is 1. The number of benzene rings is 9. The molecule has 0 aliphatic rings. The first-order chi connectivity index (χ1) is 43.9. The number of para-hydroxylation sites is 1. The summed E-state index contributed by atoms with van der Waals surface area (Å²) in [5, 5.41) is 1.76. The Morgan fingerprint density at radius 1 is 0.442 bits per heavy atom. The van der Waals surface area contributed by atoms with Gasteiger partial charge in [-0.25, -0.2) is 4.98 Å². The number of rotatable bonds is 9. The van der Waals surface area contributed by atoms with Gasteiger partial charge >= 0.3 is 0 Å². The predicted octanol–water partition coefficient (Wildman–Crippen LogP) is 21.5. The lowest BCUT2D eigenvalue weighted by atomic mass is 9.79. The molecule has 0 bridgehead atoms. The number of fused-ring (bicyclic) bond motifs is 4. The molecule has 3 heterocycles. The normalized spacial score (nSPS) is 14.1. The van der Waals surface area contributed by atoms with E-state index in [0.717, 1.165) is 72.1 Å². The Morgan fingerprint density at radius 3 is 1.63 bits per heavy atom. The molecule has 0 N–H and O–H groups in total. The highest BCUT2D eigenvalue weighted by atomic mass is 16.5. The number of ether oxygens (including phenoxy) is 1. The second-order valence-electron chi connectivity index (χ2n) is 28.3. The summed E-state index contributed by atoms with van der Waals surface area (Å²) >= 11 is 0. The highest BCUT2D eigenvalue weighted by molar-refractivity contribution is 6.09. The lowest BCUT2D eigenvalue weighted by molar-refractivity contribution is -0.571. The summed E-state index contributed by atoms with van der Waals surface area (Å²) in [6.45, 7) is 31.4. The van der Waals surface area contributed by atoms with Gasteiger partial charge in [-0.05, 0) is 155 Å². The van der Waals surface area contributed by atoms with Crippen molar-refractivity contribution in [2.75, 3.05) is 0 Å². The minimum absolute atomic E-state index is 0.0691. The Bertz CT molecular complexity index is 4870. The molecule has 0 radical (unpaired) electrons. The maximum Gasteiger partial charge on any atom is 0.269 e. The van der Waals surface area contributed by atoms with E-state index in [4.69, 9.17) is 20.7 Å². The van der Waals surface area contributed by atoms with Crippen LogP contribution in [0.1, 0.15) is 148 Å². The third kappa shape index (κ3) is 11.1. The van der Waals surface area contributed by atoms with E-state index in [0.29, 0.717) is 17.0 Å².